The summed E-state index contributed by atoms with van der Waals surface area (Å²) in [5, 5.41) is 6.59. The zero-order chi connectivity index (χ0) is 16.5. The molecule has 2 aromatic carbocycles. The molecule has 0 bridgehead atoms. The Morgan fingerprint density at radius 1 is 1.12 bits per heavy atom. The summed E-state index contributed by atoms with van der Waals surface area (Å²) in [4.78, 5) is 19.6. The number of pyridine rings is 1. The Balaban J connectivity index is 1.79. The maximum absolute atomic E-state index is 13.1. The van der Waals surface area contributed by atoms with Gasteiger partial charge in [0.1, 0.15) is 0 Å². The van der Waals surface area contributed by atoms with Crippen molar-refractivity contribution in [3.63, 3.8) is 0 Å². The van der Waals surface area contributed by atoms with Gasteiger partial charge in [-0.2, -0.15) is 0 Å². The monoisotopic (exact) mass is 319 g/mol. The van der Waals surface area contributed by atoms with Crippen molar-refractivity contribution in [2.24, 2.45) is 0 Å². The fraction of sp³-hybridized carbons (Fsp3) is 0.300. The average Bonchev–Trinajstić information content (AvgIpc) is 2.67. The summed E-state index contributed by atoms with van der Waals surface area (Å²) in [6.07, 6.45) is 3.77. The van der Waals surface area contributed by atoms with Gasteiger partial charge in [-0.1, -0.05) is 30.3 Å². The molecule has 4 rings (SSSR count). The molecule has 0 atom stereocenters. The molecule has 1 N–H and O–H groups in total. The molecule has 0 unspecified atom stereocenters. The van der Waals surface area contributed by atoms with E-state index in [0.717, 1.165) is 47.6 Å². The predicted octanol–water partition coefficient (Wildman–Crippen LogP) is 3.21. The number of nitrogens with zero attached hydrogens (tertiary/aromatic N) is 2. The average molecular weight is 319 g/mol. The Hall–Kier alpha value is -2.46. The predicted molar refractivity (Wildman–Crippen MR) is 97.2 cm³/mol. The van der Waals surface area contributed by atoms with Gasteiger partial charge in [-0.3, -0.25) is 9.78 Å². The van der Waals surface area contributed by atoms with Gasteiger partial charge in [0.25, 0.3) is 5.91 Å². The quantitative estimate of drug-likeness (QED) is 0.738. The van der Waals surface area contributed by atoms with Crippen molar-refractivity contribution in [1.29, 1.82) is 0 Å². The van der Waals surface area contributed by atoms with E-state index >= 15 is 0 Å². The molecule has 0 aliphatic carbocycles. The number of carbonyl (C=O) groups is 1. The van der Waals surface area contributed by atoms with E-state index < -0.39 is 0 Å². The number of hydrogen-bond donors (Lipinski definition) is 1. The van der Waals surface area contributed by atoms with Crippen LogP contribution in [0.5, 0.6) is 0 Å². The molecule has 1 fully saturated rings. The largest absolute Gasteiger partial charge is 0.338 e. The first-order valence-electron chi connectivity index (χ1n) is 8.51. The Kier molecular flexibility index (Phi) is 3.90. The molecule has 1 aliphatic rings. The van der Waals surface area contributed by atoms with E-state index in [0.29, 0.717) is 11.6 Å². The highest BCUT2D eigenvalue weighted by molar-refractivity contribution is 6.15. The van der Waals surface area contributed by atoms with Gasteiger partial charge in [0.05, 0.1) is 11.1 Å². The maximum Gasteiger partial charge on any atom is 0.256 e. The van der Waals surface area contributed by atoms with Crippen LogP contribution in [-0.2, 0) is 0 Å². The molecule has 0 radical (unpaired) electrons. The molecule has 24 heavy (non-hydrogen) atoms. The first-order valence-corrected chi connectivity index (χ1v) is 8.51. The normalized spacial score (nSPS) is 16.0. The van der Waals surface area contributed by atoms with Crippen molar-refractivity contribution < 1.29 is 4.79 Å². The molecule has 1 saturated heterocycles. The smallest absolute Gasteiger partial charge is 0.256 e. The van der Waals surface area contributed by atoms with Gasteiger partial charge < -0.3 is 10.2 Å². The number of amides is 1. The summed E-state index contributed by atoms with van der Waals surface area (Å²) in [5.41, 5.74) is 1.52. The number of hydrogen-bond acceptors (Lipinski definition) is 3. The lowest BCUT2D eigenvalue weighted by molar-refractivity contribution is 0.0709. The minimum Gasteiger partial charge on any atom is -0.338 e. The molecule has 2 heterocycles. The van der Waals surface area contributed by atoms with E-state index in [1.165, 1.54) is 0 Å². The van der Waals surface area contributed by atoms with Crippen LogP contribution >= 0.6 is 0 Å². The summed E-state index contributed by atoms with van der Waals surface area (Å²) < 4.78 is 0. The van der Waals surface area contributed by atoms with Crippen LogP contribution in [-0.4, -0.2) is 42.0 Å². The number of benzene rings is 2. The number of likely N-dealkylation sites (tertiary alicyclic amines) is 1. The van der Waals surface area contributed by atoms with Crippen molar-refractivity contribution in [3.05, 3.63) is 54.2 Å². The second-order valence-electron chi connectivity index (χ2n) is 6.40. The van der Waals surface area contributed by atoms with Gasteiger partial charge in [-0.15, -0.1) is 0 Å². The SMILES string of the molecule is CNC1CCN(C(=O)c2cc3ccccc3c3cccnc23)CC1. The van der Waals surface area contributed by atoms with Gasteiger partial charge in [0.15, 0.2) is 0 Å². The molecule has 3 aromatic rings. The fourth-order valence-corrected chi connectivity index (χ4v) is 3.63. The zero-order valence-corrected chi connectivity index (χ0v) is 13.8. The summed E-state index contributed by atoms with van der Waals surface area (Å²) in [6, 6.07) is 14.7. The third kappa shape index (κ3) is 2.53. The van der Waals surface area contributed by atoms with Crippen LogP contribution in [0.2, 0.25) is 0 Å². The minimum absolute atomic E-state index is 0.0963. The molecule has 122 valence electrons. The van der Waals surface area contributed by atoms with Crippen molar-refractivity contribution in [2.75, 3.05) is 20.1 Å². The Labute approximate surface area is 141 Å². The van der Waals surface area contributed by atoms with Gasteiger partial charge >= 0.3 is 0 Å². The highest BCUT2D eigenvalue weighted by atomic mass is 16.2. The van der Waals surface area contributed by atoms with E-state index in [-0.39, 0.29) is 5.91 Å². The lowest BCUT2D eigenvalue weighted by Gasteiger charge is -2.32. The van der Waals surface area contributed by atoms with Crippen LogP contribution in [0.1, 0.15) is 23.2 Å². The van der Waals surface area contributed by atoms with Crippen molar-refractivity contribution >= 4 is 27.6 Å². The lowest BCUT2D eigenvalue weighted by atomic mass is 9.98. The number of nitrogens with one attached hydrogen (secondary N) is 1. The van der Waals surface area contributed by atoms with Gasteiger partial charge in [0, 0.05) is 30.7 Å². The molecule has 0 spiro atoms. The van der Waals surface area contributed by atoms with E-state index in [1.54, 1.807) is 6.20 Å². The van der Waals surface area contributed by atoms with Crippen LogP contribution in [0.15, 0.2) is 48.7 Å². The topological polar surface area (TPSA) is 45.2 Å². The van der Waals surface area contributed by atoms with Crippen molar-refractivity contribution in [2.45, 2.75) is 18.9 Å². The van der Waals surface area contributed by atoms with E-state index in [9.17, 15) is 4.79 Å². The first-order chi connectivity index (χ1) is 11.8. The van der Waals surface area contributed by atoms with Crippen LogP contribution in [0, 0.1) is 0 Å². The number of aromatic nitrogens is 1. The van der Waals surface area contributed by atoms with Crippen molar-refractivity contribution in [1.82, 2.24) is 15.2 Å². The van der Waals surface area contributed by atoms with E-state index in [4.69, 9.17) is 0 Å². The van der Waals surface area contributed by atoms with Crippen molar-refractivity contribution in [3.8, 4) is 0 Å². The summed E-state index contributed by atoms with van der Waals surface area (Å²) in [6.45, 7) is 1.59. The maximum atomic E-state index is 13.1. The Bertz CT molecular complexity index is 898. The number of piperidine rings is 1. The van der Waals surface area contributed by atoms with Gasteiger partial charge in [-0.25, -0.2) is 0 Å². The Morgan fingerprint density at radius 2 is 1.88 bits per heavy atom. The molecule has 4 nitrogen and oxygen atoms in total. The second kappa shape index (κ2) is 6.21. The van der Waals surface area contributed by atoms with Crippen LogP contribution in [0.25, 0.3) is 21.7 Å². The minimum atomic E-state index is 0.0963. The molecule has 0 saturated carbocycles. The second-order valence-corrected chi connectivity index (χ2v) is 6.40. The highest BCUT2D eigenvalue weighted by Crippen LogP contribution is 2.28. The standard InChI is InChI=1S/C20H21N3O/c1-21-15-8-11-23(12-9-15)20(24)18-13-14-5-2-3-6-16(14)17-7-4-10-22-19(17)18/h2-7,10,13,15,21H,8-9,11-12H2,1H3. The zero-order valence-electron chi connectivity index (χ0n) is 13.8. The highest BCUT2D eigenvalue weighted by Gasteiger charge is 2.24. The van der Waals surface area contributed by atoms with Crippen LogP contribution < -0.4 is 5.32 Å². The molecule has 1 aromatic heterocycles. The lowest BCUT2D eigenvalue weighted by Crippen LogP contribution is -2.44. The third-order valence-corrected chi connectivity index (χ3v) is 5.03. The summed E-state index contributed by atoms with van der Waals surface area (Å²) >= 11 is 0. The first kappa shape index (κ1) is 15.1. The molecule has 1 aliphatic heterocycles. The van der Waals surface area contributed by atoms with Gasteiger partial charge in [0.2, 0.25) is 0 Å². The van der Waals surface area contributed by atoms with Gasteiger partial charge in [-0.05, 0) is 42.8 Å². The molecular weight excluding hydrogens is 298 g/mol. The fourth-order valence-electron chi connectivity index (χ4n) is 3.63. The summed E-state index contributed by atoms with van der Waals surface area (Å²) in [5.74, 6) is 0.0963. The number of fused-ring (bicyclic) bond motifs is 3. The molecular formula is C20H21N3O. The molecule has 1 amide bonds. The molecule has 4 heteroatoms. The third-order valence-electron chi connectivity index (χ3n) is 5.03. The van der Waals surface area contributed by atoms with E-state index in [1.807, 2.05) is 36.2 Å². The van der Waals surface area contributed by atoms with Crippen LogP contribution in [0.4, 0.5) is 0 Å². The Morgan fingerprint density at radius 3 is 2.67 bits per heavy atom. The number of carbonyl (C=O) groups excluding carboxylic acids is 1. The summed E-state index contributed by atoms with van der Waals surface area (Å²) in [7, 11) is 1.99. The van der Waals surface area contributed by atoms with Crippen LogP contribution in [0.3, 0.4) is 0 Å². The van der Waals surface area contributed by atoms with E-state index in [2.05, 4.69) is 28.5 Å². The number of rotatable bonds is 2.